The van der Waals surface area contributed by atoms with Crippen molar-refractivity contribution in [3.05, 3.63) is 53.7 Å². The van der Waals surface area contributed by atoms with E-state index in [4.69, 9.17) is 4.74 Å². The fourth-order valence-corrected chi connectivity index (χ4v) is 2.68. The van der Waals surface area contributed by atoms with Gasteiger partial charge in [0.1, 0.15) is 0 Å². The number of amides is 1. The molecule has 0 fully saturated rings. The molecule has 1 amide bonds. The van der Waals surface area contributed by atoms with E-state index in [0.717, 1.165) is 19.5 Å². The molecule has 0 bridgehead atoms. The first-order valence-corrected chi connectivity index (χ1v) is 7.39. The normalized spacial score (nSPS) is 12.9. The summed E-state index contributed by atoms with van der Waals surface area (Å²) in [5.74, 6) is 0.396. The summed E-state index contributed by atoms with van der Waals surface area (Å²) in [6.07, 6.45) is 2.60. The summed E-state index contributed by atoms with van der Waals surface area (Å²) in [6.45, 7) is 2.44. The summed E-state index contributed by atoms with van der Waals surface area (Å²) >= 11 is 0. The Balaban J connectivity index is 1.52. The van der Waals surface area contributed by atoms with E-state index in [-0.39, 0.29) is 5.91 Å². The predicted octanol–water partition coefficient (Wildman–Crippen LogP) is 1.88. The number of methoxy groups -OCH3 is 1. The van der Waals surface area contributed by atoms with Crippen molar-refractivity contribution in [3.8, 4) is 5.88 Å². The van der Waals surface area contributed by atoms with E-state index >= 15 is 0 Å². The minimum absolute atomic E-state index is 0.109. The zero-order valence-corrected chi connectivity index (χ0v) is 12.6. The van der Waals surface area contributed by atoms with Crippen molar-refractivity contribution in [2.75, 3.05) is 31.6 Å². The van der Waals surface area contributed by atoms with Crippen LogP contribution in [0.25, 0.3) is 0 Å². The van der Waals surface area contributed by atoms with Crippen LogP contribution in [0.4, 0.5) is 5.69 Å². The van der Waals surface area contributed by atoms with Gasteiger partial charge in [-0.1, -0.05) is 18.2 Å². The summed E-state index contributed by atoms with van der Waals surface area (Å²) in [7, 11) is 1.55. The van der Waals surface area contributed by atoms with Crippen LogP contribution in [0.1, 0.15) is 15.9 Å². The van der Waals surface area contributed by atoms with Gasteiger partial charge in [0.15, 0.2) is 0 Å². The molecule has 0 saturated heterocycles. The molecule has 114 valence electrons. The molecule has 5 nitrogen and oxygen atoms in total. The van der Waals surface area contributed by atoms with Crippen LogP contribution in [0, 0.1) is 0 Å². The minimum atomic E-state index is -0.109. The molecular formula is C17H19N3O2. The molecule has 1 aromatic carbocycles. The topological polar surface area (TPSA) is 54.5 Å². The molecule has 1 N–H and O–H groups in total. The monoisotopic (exact) mass is 297 g/mol. The number of rotatable bonds is 5. The molecule has 0 aliphatic carbocycles. The first-order valence-electron chi connectivity index (χ1n) is 7.39. The van der Waals surface area contributed by atoms with Crippen LogP contribution in [-0.2, 0) is 6.42 Å². The maximum absolute atomic E-state index is 12.1. The molecule has 2 aromatic rings. The van der Waals surface area contributed by atoms with Gasteiger partial charge in [0.05, 0.1) is 12.7 Å². The van der Waals surface area contributed by atoms with E-state index in [1.807, 2.05) is 0 Å². The molecule has 3 rings (SSSR count). The predicted molar refractivity (Wildman–Crippen MR) is 85.5 cm³/mol. The van der Waals surface area contributed by atoms with Crippen LogP contribution in [0.2, 0.25) is 0 Å². The Morgan fingerprint density at radius 1 is 1.32 bits per heavy atom. The molecular weight excluding hydrogens is 278 g/mol. The quantitative estimate of drug-likeness (QED) is 0.915. The Hall–Kier alpha value is -2.56. The van der Waals surface area contributed by atoms with Crippen molar-refractivity contribution in [2.45, 2.75) is 6.42 Å². The second-order valence-corrected chi connectivity index (χ2v) is 5.21. The average molecular weight is 297 g/mol. The zero-order valence-electron chi connectivity index (χ0n) is 12.6. The highest BCUT2D eigenvalue weighted by Gasteiger charge is 2.17. The molecule has 0 radical (unpaired) electrons. The number of nitrogens with one attached hydrogen (secondary N) is 1. The lowest BCUT2D eigenvalue weighted by Crippen LogP contribution is -2.34. The van der Waals surface area contributed by atoms with Crippen LogP contribution >= 0.6 is 0 Å². The number of anilines is 1. The largest absolute Gasteiger partial charge is 0.481 e. The van der Waals surface area contributed by atoms with Crippen molar-refractivity contribution in [1.82, 2.24) is 10.3 Å². The highest BCUT2D eigenvalue weighted by atomic mass is 16.5. The molecule has 0 saturated carbocycles. The van der Waals surface area contributed by atoms with Gasteiger partial charge in [-0.3, -0.25) is 4.79 Å². The van der Waals surface area contributed by atoms with Crippen LogP contribution in [0.3, 0.4) is 0 Å². The molecule has 1 aromatic heterocycles. The van der Waals surface area contributed by atoms with Crippen molar-refractivity contribution in [1.29, 1.82) is 0 Å². The number of hydrogen-bond acceptors (Lipinski definition) is 4. The van der Waals surface area contributed by atoms with Crippen LogP contribution in [-0.4, -0.2) is 37.6 Å². The van der Waals surface area contributed by atoms with Gasteiger partial charge in [-0.25, -0.2) is 4.98 Å². The lowest BCUT2D eigenvalue weighted by atomic mass is 10.2. The van der Waals surface area contributed by atoms with Gasteiger partial charge in [-0.15, -0.1) is 0 Å². The van der Waals surface area contributed by atoms with Crippen LogP contribution in [0.5, 0.6) is 5.88 Å². The Labute approximate surface area is 129 Å². The van der Waals surface area contributed by atoms with Gasteiger partial charge in [-0.2, -0.15) is 0 Å². The van der Waals surface area contributed by atoms with Gasteiger partial charge in [0.25, 0.3) is 5.91 Å². The number of fused-ring (bicyclic) bond motifs is 1. The third-order valence-corrected chi connectivity index (χ3v) is 3.86. The molecule has 22 heavy (non-hydrogen) atoms. The number of aromatic nitrogens is 1. The van der Waals surface area contributed by atoms with Crippen molar-refractivity contribution < 1.29 is 9.53 Å². The fraction of sp³-hybridized carbons (Fsp3) is 0.294. The molecule has 1 aliphatic heterocycles. The number of para-hydroxylation sites is 1. The van der Waals surface area contributed by atoms with Crippen LogP contribution in [0.15, 0.2) is 42.6 Å². The molecule has 2 heterocycles. The number of pyridine rings is 1. The van der Waals surface area contributed by atoms with E-state index in [0.29, 0.717) is 18.0 Å². The van der Waals surface area contributed by atoms with Gasteiger partial charge >= 0.3 is 0 Å². The molecule has 1 aliphatic rings. The number of carbonyl (C=O) groups is 1. The highest BCUT2D eigenvalue weighted by molar-refractivity contribution is 5.93. The average Bonchev–Trinajstić information content (AvgIpc) is 2.98. The Morgan fingerprint density at radius 3 is 2.95 bits per heavy atom. The summed E-state index contributed by atoms with van der Waals surface area (Å²) in [6, 6.07) is 11.8. The van der Waals surface area contributed by atoms with Gasteiger partial charge in [0.2, 0.25) is 5.88 Å². The van der Waals surface area contributed by atoms with Crippen molar-refractivity contribution in [3.63, 3.8) is 0 Å². The molecule has 0 atom stereocenters. The third kappa shape index (κ3) is 3.03. The third-order valence-electron chi connectivity index (χ3n) is 3.86. The summed E-state index contributed by atoms with van der Waals surface area (Å²) in [5.41, 5.74) is 3.21. The zero-order chi connectivity index (χ0) is 15.4. The standard InChI is InChI=1S/C17H19N3O2/c1-22-16-7-6-14(12-19-16)17(21)18-9-11-20-10-8-13-4-2-3-5-15(13)20/h2-7,12H,8-11H2,1H3,(H,18,21). The Bertz CT molecular complexity index is 655. The van der Waals surface area contributed by atoms with E-state index in [1.54, 1.807) is 19.2 Å². The maximum Gasteiger partial charge on any atom is 0.252 e. The van der Waals surface area contributed by atoms with Gasteiger partial charge < -0.3 is 15.0 Å². The number of benzene rings is 1. The van der Waals surface area contributed by atoms with Gasteiger partial charge in [-0.05, 0) is 24.1 Å². The second kappa shape index (κ2) is 6.47. The smallest absolute Gasteiger partial charge is 0.252 e. The number of hydrogen-bond donors (Lipinski definition) is 1. The van der Waals surface area contributed by atoms with Crippen molar-refractivity contribution in [2.24, 2.45) is 0 Å². The second-order valence-electron chi connectivity index (χ2n) is 5.21. The summed E-state index contributed by atoms with van der Waals surface area (Å²) in [5, 5.41) is 2.93. The molecule has 5 heteroatoms. The SMILES string of the molecule is COc1ccc(C(=O)NCCN2CCc3ccccc32)cn1. The fourth-order valence-electron chi connectivity index (χ4n) is 2.68. The molecule has 0 unspecified atom stereocenters. The van der Waals surface area contributed by atoms with Crippen LogP contribution < -0.4 is 15.0 Å². The van der Waals surface area contributed by atoms with E-state index in [9.17, 15) is 4.79 Å². The van der Waals surface area contributed by atoms with Gasteiger partial charge in [0, 0.05) is 37.6 Å². The Morgan fingerprint density at radius 2 is 2.18 bits per heavy atom. The van der Waals surface area contributed by atoms with E-state index in [1.165, 1.54) is 17.4 Å². The van der Waals surface area contributed by atoms with E-state index in [2.05, 4.69) is 39.5 Å². The Kier molecular flexibility index (Phi) is 4.23. The minimum Gasteiger partial charge on any atom is -0.481 e. The first-order chi connectivity index (χ1) is 10.8. The van der Waals surface area contributed by atoms with E-state index < -0.39 is 0 Å². The maximum atomic E-state index is 12.1. The summed E-state index contributed by atoms with van der Waals surface area (Å²) in [4.78, 5) is 18.4. The summed E-state index contributed by atoms with van der Waals surface area (Å²) < 4.78 is 4.98. The lowest BCUT2D eigenvalue weighted by molar-refractivity contribution is 0.0954. The molecule has 0 spiro atoms. The number of carbonyl (C=O) groups excluding carboxylic acids is 1. The lowest BCUT2D eigenvalue weighted by Gasteiger charge is -2.19. The number of nitrogens with zero attached hydrogens (tertiary/aromatic N) is 2. The number of ether oxygens (including phenoxy) is 1. The highest BCUT2D eigenvalue weighted by Crippen LogP contribution is 2.26. The first kappa shape index (κ1) is 14.4. The van der Waals surface area contributed by atoms with Crippen molar-refractivity contribution >= 4 is 11.6 Å².